The topological polar surface area (TPSA) is 82.6 Å². The number of thiophene rings is 1. The summed E-state index contributed by atoms with van der Waals surface area (Å²) in [6.45, 7) is 1.55. The molecule has 0 spiro atoms. The van der Waals surface area contributed by atoms with Gasteiger partial charge in [-0.15, -0.1) is 11.3 Å². The molecule has 9 heteroatoms. The average Bonchev–Trinajstić information content (AvgIpc) is 3.16. The maximum atomic E-state index is 12.7. The monoisotopic (exact) mass is 422 g/mol. The van der Waals surface area contributed by atoms with Crippen molar-refractivity contribution in [3.8, 4) is 0 Å². The van der Waals surface area contributed by atoms with Crippen molar-refractivity contribution < 1.29 is 13.2 Å². The molecule has 1 aliphatic heterocycles. The second-order valence-electron chi connectivity index (χ2n) is 7.06. The fourth-order valence-corrected chi connectivity index (χ4v) is 6.06. The van der Waals surface area contributed by atoms with Gasteiger partial charge in [-0.05, 0) is 36.6 Å². The Morgan fingerprint density at radius 3 is 2.57 bits per heavy atom. The Balaban J connectivity index is 1.55. The molecule has 152 valence electrons. The highest BCUT2D eigenvalue weighted by Gasteiger charge is 2.27. The summed E-state index contributed by atoms with van der Waals surface area (Å²) < 4.78 is 27.3. The summed E-state index contributed by atoms with van der Waals surface area (Å²) in [6.07, 6.45) is 4.80. The van der Waals surface area contributed by atoms with Gasteiger partial charge in [0.15, 0.2) is 0 Å². The predicted molar refractivity (Wildman–Crippen MR) is 111 cm³/mol. The molecule has 0 aliphatic carbocycles. The summed E-state index contributed by atoms with van der Waals surface area (Å²) in [5, 5.41) is 2.86. The molecule has 1 N–H and O–H groups in total. The summed E-state index contributed by atoms with van der Waals surface area (Å²) in [6, 6.07) is 7.17. The van der Waals surface area contributed by atoms with Gasteiger partial charge in [0.1, 0.15) is 10.0 Å². The number of sulfonamides is 1. The summed E-state index contributed by atoms with van der Waals surface area (Å²) in [5.41, 5.74) is 0.915. The molecular weight excluding hydrogens is 396 g/mol. The minimum absolute atomic E-state index is 0.138. The highest BCUT2D eigenvalue weighted by atomic mass is 32.2. The van der Waals surface area contributed by atoms with Crippen molar-refractivity contribution in [2.45, 2.75) is 36.4 Å². The Morgan fingerprint density at radius 1 is 1.18 bits per heavy atom. The average molecular weight is 423 g/mol. The van der Waals surface area contributed by atoms with E-state index in [-0.39, 0.29) is 12.3 Å². The molecule has 1 fully saturated rings. The quantitative estimate of drug-likeness (QED) is 0.740. The molecule has 1 saturated heterocycles. The van der Waals surface area contributed by atoms with Crippen molar-refractivity contribution >= 4 is 33.1 Å². The van der Waals surface area contributed by atoms with E-state index in [4.69, 9.17) is 0 Å². The lowest BCUT2D eigenvalue weighted by Gasteiger charge is -2.25. The van der Waals surface area contributed by atoms with Crippen molar-refractivity contribution in [1.29, 1.82) is 0 Å². The Morgan fingerprint density at radius 2 is 1.93 bits per heavy atom. The Labute approximate surface area is 170 Å². The van der Waals surface area contributed by atoms with E-state index in [0.717, 1.165) is 35.5 Å². The molecule has 0 saturated carbocycles. The number of carbonyl (C=O) groups excluding carboxylic acids is 1. The molecule has 0 radical (unpaired) electrons. The molecule has 1 amide bonds. The molecule has 1 aliphatic rings. The number of rotatable bonds is 7. The lowest BCUT2D eigenvalue weighted by Crippen LogP contribution is -2.35. The van der Waals surface area contributed by atoms with E-state index in [1.54, 1.807) is 22.6 Å². The summed E-state index contributed by atoms with van der Waals surface area (Å²) >= 11 is 1.18. The summed E-state index contributed by atoms with van der Waals surface area (Å²) in [4.78, 5) is 19.2. The van der Waals surface area contributed by atoms with Crippen LogP contribution < -0.4 is 10.2 Å². The molecule has 2 aromatic rings. The molecule has 3 rings (SSSR count). The number of aromatic nitrogens is 1. The molecule has 0 atom stereocenters. The number of nitrogens with one attached hydrogen (secondary N) is 1. The van der Waals surface area contributed by atoms with Gasteiger partial charge in [-0.25, -0.2) is 13.4 Å². The fraction of sp³-hybridized carbons (Fsp3) is 0.474. The zero-order valence-electron chi connectivity index (χ0n) is 16.2. The molecule has 0 aromatic carbocycles. The molecule has 0 bridgehead atoms. The first-order valence-electron chi connectivity index (χ1n) is 9.34. The van der Waals surface area contributed by atoms with Gasteiger partial charge in [0.25, 0.3) is 10.0 Å². The maximum Gasteiger partial charge on any atom is 0.252 e. The van der Waals surface area contributed by atoms with Crippen LogP contribution in [0.1, 0.15) is 29.7 Å². The highest BCUT2D eigenvalue weighted by molar-refractivity contribution is 7.91. The van der Waals surface area contributed by atoms with Crippen LogP contribution in [0.4, 0.5) is 5.82 Å². The highest BCUT2D eigenvalue weighted by Crippen LogP contribution is 2.27. The summed E-state index contributed by atoms with van der Waals surface area (Å²) in [5.74, 6) is 0.719. The third-order valence-electron chi connectivity index (χ3n) is 4.64. The van der Waals surface area contributed by atoms with E-state index >= 15 is 0 Å². The van der Waals surface area contributed by atoms with E-state index in [1.165, 1.54) is 11.3 Å². The van der Waals surface area contributed by atoms with Gasteiger partial charge in [-0.1, -0.05) is 12.5 Å². The van der Waals surface area contributed by atoms with E-state index in [2.05, 4.69) is 10.3 Å². The standard InChI is InChI=1S/C19H26N4O3S2/c1-22(2)17-8-6-15(13-20-17)14-21-18(24)12-16-7-9-19(27-16)28(25,26)23-10-4-3-5-11-23/h6-9,13H,3-5,10-12,14H2,1-2H3,(H,21,24). The molecule has 28 heavy (non-hydrogen) atoms. The lowest BCUT2D eigenvalue weighted by molar-refractivity contribution is -0.120. The van der Waals surface area contributed by atoms with E-state index in [1.807, 2.05) is 31.1 Å². The lowest BCUT2D eigenvalue weighted by atomic mass is 10.2. The van der Waals surface area contributed by atoms with Crippen LogP contribution >= 0.6 is 11.3 Å². The minimum Gasteiger partial charge on any atom is -0.363 e. The number of hydrogen-bond acceptors (Lipinski definition) is 6. The van der Waals surface area contributed by atoms with Gasteiger partial charge < -0.3 is 10.2 Å². The van der Waals surface area contributed by atoms with E-state index in [0.29, 0.717) is 23.8 Å². The Bertz CT molecular complexity index is 902. The number of amides is 1. The number of anilines is 1. The van der Waals surface area contributed by atoms with Gasteiger partial charge in [-0.2, -0.15) is 4.31 Å². The maximum absolute atomic E-state index is 12.7. The first-order chi connectivity index (χ1) is 13.4. The third-order valence-corrected chi connectivity index (χ3v) is 8.09. The second-order valence-corrected chi connectivity index (χ2v) is 10.4. The van der Waals surface area contributed by atoms with Crippen molar-refractivity contribution in [1.82, 2.24) is 14.6 Å². The van der Waals surface area contributed by atoms with Crippen molar-refractivity contribution in [3.63, 3.8) is 0 Å². The number of piperidine rings is 1. The molecule has 7 nitrogen and oxygen atoms in total. The third kappa shape index (κ3) is 5.09. The van der Waals surface area contributed by atoms with Crippen molar-refractivity contribution in [2.24, 2.45) is 0 Å². The number of pyridine rings is 1. The van der Waals surface area contributed by atoms with Gasteiger partial charge in [0.05, 0.1) is 6.42 Å². The zero-order valence-corrected chi connectivity index (χ0v) is 17.9. The molecule has 0 unspecified atom stereocenters. The number of hydrogen-bond donors (Lipinski definition) is 1. The number of nitrogens with zero attached hydrogens (tertiary/aromatic N) is 3. The first kappa shape index (κ1) is 20.8. The van der Waals surface area contributed by atoms with E-state index < -0.39 is 10.0 Å². The van der Waals surface area contributed by atoms with Crippen LogP contribution in [-0.2, 0) is 27.8 Å². The smallest absolute Gasteiger partial charge is 0.252 e. The predicted octanol–water partition coefficient (Wildman–Crippen LogP) is 2.24. The fourth-order valence-electron chi connectivity index (χ4n) is 3.03. The van der Waals surface area contributed by atoms with Crippen LogP contribution in [0, 0.1) is 0 Å². The van der Waals surface area contributed by atoms with Crippen molar-refractivity contribution in [2.75, 3.05) is 32.1 Å². The van der Waals surface area contributed by atoms with Crippen LogP contribution in [0.5, 0.6) is 0 Å². The van der Waals surface area contributed by atoms with Crippen LogP contribution in [0.15, 0.2) is 34.7 Å². The summed E-state index contributed by atoms with van der Waals surface area (Å²) in [7, 11) is 0.407. The van der Waals surface area contributed by atoms with Crippen LogP contribution in [0.3, 0.4) is 0 Å². The van der Waals surface area contributed by atoms with Crippen LogP contribution in [0.25, 0.3) is 0 Å². The second kappa shape index (κ2) is 9.02. The van der Waals surface area contributed by atoms with Crippen LogP contribution in [0.2, 0.25) is 0 Å². The minimum atomic E-state index is -3.44. The molecule has 2 aromatic heterocycles. The van der Waals surface area contributed by atoms with Gasteiger partial charge >= 0.3 is 0 Å². The van der Waals surface area contributed by atoms with E-state index in [9.17, 15) is 13.2 Å². The van der Waals surface area contributed by atoms with Gasteiger partial charge in [-0.3, -0.25) is 4.79 Å². The SMILES string of the molecule is CN(C)c1ccc(CNC(=O)Cc2ccc(S(=O)(=O)N3CCCCC3)s2)cn1. The largest absolute Gasteiger partial charge is 0.363 e. The first-order valence-corrected chi connectivity index (χ1v) is 11.6. The van der Waals surface area contributed by atoms with Gasteiger partial charge in [0, 0.05) is 44.8 Å². The van der Waals surface area contributed by atoms with Gasteiger partial charge in [0.2, 0.25) is 5.91 Å². The molecular formula is C19H26N4O3S2. The Kier molecular flexibility index (Phi) is 6.69. The zero-order chi connectivity index (χ0) is 20.1. The normalized spacial score (nSPS) is 15.4. The van der Waals surface area contributed by atoms with Crippen LogP contribution in [-0.4, -0.2) is 50.8 Å². The Hall–Kier alpha value is -1.97. The molecule has 3 heterocycles. The van der Waals surface area contributed by atoms with Crippen molar-refractivity contribution in [3.05, 3.63) is 40.9 Å². The number of carbonyl (C=O) groups is 1.